The number of nitrogens with two attached hydrogens (primary N) is 1. The highest BCUT2D eigenvalue weighted by molar-refractivity contribution is 5.30. The zero-order valence-corrected chi connectivity index (χ0v) is 11.6. The maximum Gasteiger partial charge on any atom is 0.245 e. The van der Waals surface area contributed by atoms with E-state index < -0.39 is 0 Å². The van der Waals surface area contributed by atoms with E-state index in [1.807, 2.05) is 13.8 Å². The lowest BCUT2D eigenvalue weighted by atomic mass is 9.84. The summed E-state index contributed by atoms with van der Waals surface area (Å²) in [5, 5.41) is 8.37. The smallest absolute Gasteiger partial charge is 0.245 e. The normalized spacial score (nSPS) is 24.0. The second-order valence-corrected chi connectivity index (χ2v) is 5.24. The van der Waals surface area contributed by atoms with Crippen molar-refractivity contribution < 1.29 is 0 Å². The largest absolute Gasteiger partial charge is 0.339 e. The van der Waals surface area contributed by atoms with Crippen LogP contribution < -0.4 is 10.6 Å². The highest BCUT2D eigenvalue weighted by Gasteiger charge is 2.28. The van der Waals surface area contributed by atoms with Gasteiger partial charge in [0.05, 0.1) is 11.4 Å². The number of anilines is 1. The number of hydrogen-bond acceptors (Lipinski definition) is 5. The third kappa shape index (κ3) is 2.61. The van der Waals surface area contributed by atoms with Crippen LogP contribution in [-0.2, 0) is 0 Å². The summed E-state index contributed by atoms with van der Waals surface area (Å²) in [6.07, 6.45) is 4.94. The maximum absolute atomic E-state index is 5.88. The Bertz CT molecular complexity index is 406. The molecule has 1 aliphatic rings. The monoisotopic (exact) mass is 249 g/mol. The molecule has 0 amide bonds. The van der Waals surface area contributed by atoms with Crippen LogP contribution in [0.25, 0.3) is 0 Å². The van der Waals surface area contributed by atoms with Crippen LogP contribution in [-0.4, -0.2) is 34.8 Å². The molecule has 2 atom stereocenters. The van der Waals surface area contributed by atoms with Crippen LogP contribution >= 0.6 is 0 Å². The molecule has 0 aromatic carbocycles. The van der Waals surface area contributed by atoms with Gasteiger partial charge in [-0.15, -0.1) is 5.10 Å². The van der Waals surface area contributed by atoms with Crippen molar-refractivity contribution in [3.05, 3.63) is 11.4 Å². The topological polar surface area (TPSA) is 67.9 Å². The first-order valence-electron chi connectivity index (χ1n) is 6.74. The summed E-state index contributed by atoms with van der Waals surface area (Å²) in [6, 6.07) is 0.452. The van der Waals surface area contributed by atoms with E-state index in [-0.39, 0.29) is 0 Å². The van der Waals surface area contributed by atoms with Crippen molar-refractivity contribution in [3.8, 4) is 0 Å². The molecule has 2 rings (SSSR count). The average molecular weight is 249 g/mol. The number of aryl methyl sites for hydroxylation is 2. The van der Waals surface area contributed by atoms with Gasteiger partial charge in [-0.3, -0.25) is 0 Å². The molecule has 1 saturated carbocycles. The zero-order chi connectivity index (χ0) is 13.1. The average Bonchev–Trinajstić information content (AvgIpc) is 2.41. The Labute approximate surface area is 109 Å². The first-order valence-corrected chi connectivity index (χ1v) is 6.74. The molecule has 1 aromatic rings. The van der Waals surface area contributed by atoms with Gasteiger partial charge in [0.2, 0.25) is 5.95 Å². The van der Waals surface area contributed by atoms with Gasteiger partial charge in [-0.2, -0.15) is 5.10 Å². The van der Waals surface area contributed by atoms with Gasteiger partial charge in [0, 0.05) is 13.1 Å². The summed E-state index contributed by atoms with van der Waals surface area (Å²) in [5.41, 5.74) is 7.73. The van der Waals surface area contributed by atoms with Crippen LogP contribution in [0.1, 0.15) is 37.1 Å². The second-order valence-electron chi connectivity index (χ2n) is 5.24. The predicted octanol–water partition coefficient (Wildman–Crippen LogP) is 1.44. The lowest BCUT2D eigenvalue weighted by Gasteiger charge is -2.37. The fraction of sp³-hybridized carbons (Fsp3) is 0.769. The Morgan fingerprint density at radius 1 is 1.17 bits per heavy atom. The minimum atomic E-state index is 0.452. The van der Waals surface area contributed by atoms with Crippen LogP contribution in [0.4, 0.5) is 5.95 Å². The number of hydrogen-bond donors (Lipinski definition) is 1. The molecule has 1 fully saturated rings. The van der Waals surface area contributed by atoms with Crippen LogP contribution in [0.3, 0.4) is 0 Å². The summed E-state index contributed by atoms with van der Waals surface area (Å²) >= 11 is 0. The van der Waals surface area contributed by atoms with Crippen LogP contribution in [0.15, 0.2) is 0 Å². The van der Waals surface area contributed by atoms with E-state index in [4.69, 9.17) is 5.73 Å². The van der Waals surface area contributed by atoms with Gasteiger partial charge in [-0.05, 0) is 39.2 Å². The quantitative estimate of drug-likeness (QED) is 0.878. The Morgan fingerprint density at radius 3 is 2.56 bits per heavy atom. The zero-order valence-electron chi connectivity index (χ0n) is 11.6. The van der Waals surface area contributed by atoms with Gasteiger partial charge in [0.1, 0.15) is 0 Å². The van der Waals surface area contributed by atoms with E-state index >= 15 is 0 Å². The van der Waals surface area contributed by atoms with Crippen molar-refractivity contribution in [1.29, 1.82) is 0 Å². The van der Waals surface area contributed by atoms with E-state index in [0.717, 1.165) is 23.9 Å². The molecule has 0 aliphatic heterocycles. The standard InChI is InChI=1S/C13H23N5/c1-9-10(2)16-17-13(15-9)18(3)12-7-5-4-6-11(12)8-14/h11-12H,4-8,14H2,1-3H3. The summed E-state index contributed by atoms with van der Waals surface area (Å²) in [7, 11) is 2.06. The van der Waals surface area contributed by atoms with E-state index in [9.17, 15) is 0 Å². The number of rotatable bonds is 3. The minimum Gasteiger partial charge on any atom is -0.339 e. The highest BCUT2D eigenvalue weighted by atomic mass is 15.3. The van der Waals surface area contributed by atoms with Crippen LogP contribution in [0, 0.1) is 19.8 Å². The third-order valence-electron chi connectivity index (χ3n) is 4.07. The third-order valence-corrected chi connectivity index (χ3v) is 4.07. The molecule has 0 saturated heterocycles. The van der Waals surface area contributed by atoms with Gasteiger partial charge in [-0.1, -0.05) is 12.8 Å². The minimum absolute atomic E-state index is 0.452. The predicted molar refractivity (Wildman–Crippen MR) is 72.5 cm³/mol. The molecule has 2 N–H and O–H groups in total. The van der Waals surface area contributed by atoms with Crippen LogP contribution in [0.5, 0.6) is 0 Å². The molecule has 0 bridgehead atoms. The summed E-state index contributed by atoms with van der Waals surface area (Å²) in [4.78, 5) is 6.69. The van der Waals surface area contributed by atoms with Crippen LogP contribution in [0.2, 0.25) is 0 Å². The Morgan fingerprint density at radius 2 is 1.89 bits per heavy atom. The molecular weight excluding hydrogens is 226 g/mol. The number of nitrogens with zero attached hydrogens (tertiary/aromatic N) is 4. The summed E-state index contributed by atoms with van der Waals surface area (Å²) in [5.74, 6) is 1.28. The van der Waals surface area contributed by atoms with E-state index in [0.29, 0.717) is 12.0 Å². The van der Waals surface area contributed by atoms with Crippen molar-refractivity contribution in [2.75, 3.05) is 18.5 Å². The van der Waals surface area contributed by atoms with Gasteiger partial charge < -0.3 is 10.6 Å². The van der Waals surface area contributed by atoms with Crippen molar-refractivity contribution in [2.24, 2.45) is 11.7 Å². The molecule has 0 radical (unpaired) electrons. The molecule has 1 aliphatic carbocycles. The van der Waals surface area contributed by atoms with Crippen molar-refractivity contribution in [3.63, 3.8) is 0 Å². The molecule has 5 nitrogen and oxygen atoms in total. The Kier molecular flexibility index (Phi) is 4.11. The molecule has 1 heterocycles. The van der Waals surface area contributed by atoms with E-state index in [1.54, 1.807) is 0 Å². The van der Waals surface area contributed by atoms with Gasteiger partial charge >= 0.3 is 0 Å². The first-order chi connectivity index (χ1) is 8.63. The van der Waals surface area contributed by atoms with E-state index in [1.165, 1.54) is 25.7 Å². The fourth-order valence-corrected chi connectivity index (χ4v) is 2.72. The van der Waals surface area contributed by atoms with Crippen molar-refractivity contribution in [2.45, 2.75) is 45.6 Å². The fourth-order valence-electron chi connectivity index (χ4n) is 2.72. The molecule has 18 heavy (non-hydrogen) atoms. The van der Waals surface area contributed by atoms with Crippen molar-refractivity contribution in [1.82, 2.24) is 15.2 Å². The Balaban J connectivity index is 2.18. The maximum atomic E-state index is 5.88. The van der Waals surface area contributed by atoms with E-state index in [2.05, 4.69) is 27.1 Å². The molecular formula is C13H23N5. The molecule has 5 heteroatoms. The molecule has 100 valence electrons. The first kappa shape index (κ1) is 13.2. The molecule has 2 unspecified atom stereocenters. The lowest BCUT2D eigenvalue weighted by molar-refractivity contribution is 0.304. The summed E-state index contributed by atoms with van der Waals surface area (Å²) < 4.78 is 0. The lowest BCUT2D eigenvalue weighted by Crippen LogP contribution is -2.44. The molecule has 1 aromatic heterocycles. The van der Waals surface area contributed by atoms with Gasteiger partial charge in [-0.25, -0.2) is 4.98 Å². The SMILES string of the molecule is Cc1nnc(N(C)C2CCCCC2CN)nc1C. The second kappa shape index (κ2) is 5.61. The van der Waals surface area contributed by atoms with Crippen molar-refractivity contribution >= 4 is 5.95 Å². The van der Waals surface area contributed by atoms with Gasteiger partial charge in [0.25, 0.3) is 0 Å². The highest BCUT2D eigenvalue weighted by Crippen LogP contribution is 2.28. The van der Waals surface area contributed by atoms with Gasteiger partial charge in [0.15, 0.2) is 0 Å². The Hall–Kier alpha value is -1.23. The number of aromatic nitrogens is 3. The summed E-state index contributed by atoms with van der Waals surface area (Å²) in [6.45, 7) is 4.65. The molecule has 0 spiro atoms.